The van der Waals surface area contributed by atoms with Gasteiger partial charge in [0.1, 0.15) is 6.23 Å². The molecule has 1 heterocycles. The number of nitrogens with two attached hydrogens (primary N) is 1. The third-order valence-electron chi connectivity index (χ3n) is 1.08. The summed E-state index contributed by atoms with van der Waals surface area (Å²) < 4.78 is 6.79. The Morgan fingerprint density at radius 2 is 2.50 bits per heavy atom. The van der Waals surface area contributed by atoms with E-state index < -0.39 is 0 Å². The summed E-state index contributed by atoms with van der Waals surface area (Å²) in [6.45, 7) is 1.77. The Balaban J connectivity index is 2.65. The Morgan fingerprint density at radius 1 is 1.80 bits per heavy atom. The fourth-order valence-electron chi connectivity index (χ4n) is 0.668. The highest BCUT2D eigenvalue weighted by Gasteiger charge is 1.99. The van der Waals surface area contributed by atoms with E-state index in [1.807, 2.05) is 0 Å². The van der Waals surface area contributed by atoms with Crippen LogP contribution in [0.5, 0.6) is 5.88 Å². The maximum Gasteiger partial charge on any atom is 0.212 e. The van der Waals surface area contributed by atoms with E-state index in [1.165, 1.54) is 0 Å². The van der Waals surface area contributed by atoms with Crippen molar-refractivity contribution in [1.82, 2.24) is 9.78 Å². The lowest BCUT2D eigenvalue weighted by Gasteiger charge is -2.07. The molecule has 0 amide bonds. The molecule has 0 radical (unpaired) electrons. The van der Waals surface area contributed by atoms with Gasteiger partial charge in [0, 0.05) is 13.1 Å². The van der Waals surface area contributed by atoms with Crippen LogP contribution < -0.4 is 10.5 Å². The van der Waals surface area contributed by atoms with Crippen LogP contribution >= 0.6 is 0 Å². The number of hydrogen-bond acceptors (Lipinski definition) is 3. The van der Waals surface area contributed by atoms with Gasteiger partial charge in [-0.25, -0.2) is 4.68 Å². The minimum atomic E-state index is -0.282. The van der Waals surface area contributed by atoms with Gasteiger partial charge in [0.25, 0.3) is 0 Å². The van der Waals surface area contributed by atoms with Crippen molar-refractivity contribution in [3.63, 3.8) is 0 Å². The van der Waals surface area contributed by atoms with Gasteiger partial charge < -0.3 is 4.74 Å². The standard InChI is InChI=1S/C6H11N3O/c1-5(7)10-6-3-4-8-9(6)2/h3-5H,7H2,1-2H3. The zero-order chi connectivity index (χ0) is 7.56. The van der Waals surface area contributed by atoms with Crippen molar-refractivity contribution >= 4 is 0 Å². The zero-order valence-electron chi connectivity index (χ0n) is 6.11. The first-order chi connectivity index (χ1) is 4.70. The van der Waals surface area contributed by atoms with Crippen molar-refractivity contribution in [2.75, 3.05) is 0 Å². The topological polar surface area (TPSA) is 53.1 Å². The van der Waals surface area contributed by atoms with Crippen LogP contribution in [-0.2, 0) is 7.05 Å². The van der Waals surface area contributed by atoms with E-state index in [0.29, 0.717) is 5.88 Å². The van der Waals surface area contributed by atoms with Gasteiger partial charge in [0.2, 0.25) is 5.88 Å². The average Bonchev–Trinajstić information content (AvgIpc) is 2.15. The first-order valence-electron chi connectivity index (χ1n) is 3.10. The minimum Gasteiger partial charge on any atom is -0.459 e. The molecule has 0 saturated heterocycles. The molecular weight excluding hydrogens is 130 g/mol. The summed E-state index contributed by atoms with van der Waals surface area (Å²) in [6.07, 6.45) is 1.38. The highest BCUT2D eigenvalue weighted by atomic mass is 16.5. The Bertz CT molecular complexity index is 207. The molecule has 1 unspecified atom stereocenters. The molecule has 4 nitrogen and oxygen atoms in total. The van der Waals surface area contributed by atoms with Gasteiger partial charge in [0.05, 0.1) is 6.20 Å². The summed E-state index contributed by atoms with van der Waals surface area (Å²) in [5, 5.41) is 3.91. The Kier molecular flexibility index (Phi) is 1.91. The first-order valence-corrected chi connectivity index (χ1v) is 3.10. The number of ether oxygens (including phenoxy) is 1. The number of aromatic nitrogens is 2. The second-order valence-corrected chi connectivity index (χ2v) is 2.12. The van der Waals surface area contributed by atoms with Gasteiger partial charge in [-0.1, -0.05) is 0 Å². The molecule has 0 aliphatic carbocycles. The molecule has 0 aromatic carbocycles. The fraction of sp³-hybridized carbons (Fsp3) is 0.500. The van der Waals surface area contributed by atoms with Gasteiger partial charge >= 0.3 is 0 Å². The molecule has 56 valence electrons. The van der Waals surface area contributed by atoms with Crippen molar-refractivity contribution in [1.29, 1.82) is 0 Å². The molecule has 2 N–H and O–H groups in total. The molecule has 1 atom stereocenters. The number of rotatable bonds is 2. The number of aryl methyl sites for hydroxylation is 1. The van der Waals surface area contributed by atoms with Gasteiger partial charge in [0.15, 0.2) is 0 Å². The molecule has 0 aliphatic rings. The van der Waals surface area contributed by atoms with Crippen LogP contribution in [0.3, 0.4) is 0 Å². The van der Waals surface area contributed by atoms with E-state index in [9.17, 15) is 0 Å². The highest BCUT2D eigenvalue weighted by Crippen LogP contribution is 2.06. The molecule has 10 heavy (non-hydrogen) atoms. The molecule has 1 rings (SSSR count). The van der Waals surface area contributed by atoms with Crippen LogP contribution in [0, 0.1) is 0 Å². The normalized spacial score (nSPS) is 13.1. The fourth-order valence-corrected chi connectivity index (χ4v) is 0.668. The summed E-state index contributed by atoms with van der Waals surface area (Å²) in [6, 6.07) is 1.77. The highest BCUT2D eigenvalue weighted by molar-refractivity contribution is 5.06. The lowest BCUT2D eigenvalue weighted by Crippen LogP contribution is -2.23. The van der Waals surface area contributed by atoms with E-state index in [4.69, 9.17) is 10.5 Å². The van der Waals surface area contributed by atoms with Gasteiger partial charge in [-0.2, -0.15) is 5.10 Å². The van der Waals surface area contributed by atoms with Crippen LogP contribution in [0.1, 0.15) is 6.92 Å². The predicted octanol–water partition coefficient (Wildman–Crippen LogP) is 0.104. The third kappa shape index (κ3) is 1.48. The van der Waals surface area contributed by atoms with E-state index in [2.05, 4.69) is 5.10 Å². The molecular formula is C6H11N3O. The van der Waals surface area contributed by atoms with E-state index >= 15 is 0 Å². The molecule has 0 saturated carbocycles. The summed E-state index contributed by atoms with van der Waals surface area (Å²) in [4.78, 5) is 0. The van der Waals surface area contributed by atoms with Crippen molar-refractivity contribution in [3.8, 4) is 5.88 Å². The zero-order valence-corrected chi connectivity index (χ0v) is 6.11. The van der Waals surface area contributed by atoms with Crippen molar-refractivity contribution < 1.29 is 4.74 Å². The van der Waals surface area contributed by atoms with Crippen LogP contribution in [0.4, 0.5) is 0 Å². The largest absolute Gasteiger partial charge is 0.459 e. The second kappa shape index (κ2) is 2.70. The summed E-state index contributed by atoms with van der Waals surface area (Å²) in [5.74, 6) is 0.690. The Labute approximate surface area is 59.6 Å². The molecule has 0 fully saturated rings. The Hall–Kier alpha value is -1.03. The molecule has 0 aliphatic heterocycles. The average molecular weight is 141 g/mol. The quantitative estimate of drug-likeness (QED) is 0.594. The lowest BCUT2D eigenvalue weighted by atomic mass is 10.6. The Morgan fingerprint density at radius 3 is 2.90 bits per heavy atom. The van der Waals surface area contributed by atoms with Crippen LogP contribution in [0.2, 0.25) is 0 Å². The van der Waals surface area contributed by atoms with Gasteiger partial charge in [-0.05, 0) is 6.92 Å². The summed E-state index contributed by atoms with van der Waals surface area (Å²) >= 11 is 0. The number of nitrogens with zero attached hydrogens (tertiary/aromatic N) is 2. The van der Waals surface area contributed by atoms with E-state index in [0.717, 1.165) is 0 Å². The summed E-state index contributed by atoms with van der Waals surface area (Å²) in [5.41, 5.74) is 5.39. The first kappa shape index (κ1) is 7.08. The third-order valence-corrected chi connectivity index (χ3v) is 1.08. The van der Waals surface area contributed by atoms with Crippen LogP contribution in [0.15, 0.2) is 12.3 Å². The van der Waals surface area contributed by atoms with E-state index in [1.54, 1.807) is 30.9 Å². The van der Waals surface area contributed by atoms with Crippen molar-refractivity contribution in [3.05, 3.63) is 12.3 Å². The minimum absolute atomic E-state index is 0.282. The SMILES string of the molecule is CC(N)Oc1ccnn1C. The van der Waals surface area contributed by atoms with Crippen LogP contribution in [-0.4, -0.2) is 16.0 Å². The maximum absolute atomic E-state index is 5.39. The molecule has 1 aromatic heterocycles. The molecule has 1 aromatic rings. The lowest BCUT2D eigenvalue weighted by molar-refractivity contribution is 0.210. The van der Waals surface area contributed by atoms with Crippen molar-refractivity contribution in [2.24, 2.45) is 12.8 Å². The predicted molar refractivity (Wildman–Crippen MR) is 37.5 cm³/mol. The van der Waals surface area contributed by atoms with Gasteiger partial charge in [-0.3, -0.25) is 5.73 Å². The molecule has 0 bridgehead atoms. The second-order valence-electron chi connectivity index (χ2n) is 2.12. The van der Waals surface area contributed by atoms with Crippen molar-refractivity contribution in [2.45, 2.75) is 13.2 Å². The number of hydrogen-bond donors (Lipinski definition) is 1. The van der Waals surface area contributed by atoms with Gasteiger partial charge in [-0.15, -0.1) is 0 Å². The smallest absolute Gasteiger partial charge is 0.212 e. The molecule has 0 spiro atoms. The van der Waals surface area contributed by atoms with E-state index in [-0.39, 0.29) is 6.23 Å². The monoisotopic (exact) mass is 141 g/mol. The molecule has 4 heteroatoms. The summed E-state index contributed by atoms with van der Waals surface area (Å²) in [7, 11) is 1.80. The maximum atomic E-state index is 5.39. The van der Waals surface area contributed by atoms with Crippen LogP contribution in [0.25, 0.3) is 0 Å².